The van der Waals surface area contributed by atoms with E-state index < -0.39 is 12.0 Å². The average molecular weight is 464 g/mol. The predicted octanol–water partition coefficient (Wildman–Crippen LogP) is 3.96. The van der Waals surface area contributed by atoms with Crippen molar-refractivity contribution in [1.82, 2.24) is 25.2 Å². The molecule has 1 N–H and O–H groups in total. The fourth-order valence-corrected chi connectivity index (χ4v) is 5.18. The molecule has 2 aromatic heterocycles. The number of benzene rings is 1. The molecule has 1 aromatic carbocycles. The molecule has 1 unspecified atom stereocenters. The molecular weight excluding hydrogens is 434 g/mol. The van der Waals surface area contributed by atoms with E-state index in [-0.39, 0.29) is 17.7 Å². The second-order valence-corrected chi connectivity index (χ2v) is 9.58. The Kier molecular flexibility index (Phi) is 7.13. The second-order valence-electron chi connectivity index (χ2n) is 8.72. The fourth-order valence-electron chi connectivity index (χ4n) is 4.37. The molecule has 0 saturated carbocycles. The molecule has 0 radical (unpaired) electrons. The first-order valence-corrected chi connectivity index (χ1v) is 12.2. The van der Waals surface area contributed by atoms with Crippen LogP contribution < -0.4 is 5.32 Å². The molecule has 3 aromatic rings. The van der Waals surface area contributed by atoms with Crippen LogP contribution in [0.3, 0.4) is 0 Å². The van der Waals surface area contributed by atoms with E-state index in [1.807, 2.05) is 38.4 Å². The minimum atomic E-state index is -0.450. The normalized spacial score (nSPS) is 16.7. The molecule has 2 amide bonds. The Labute approximate surface area is 198 Å². The molecule has 3 heterocycles. The molecule has 1 saturated heterocycles. The van der Waals surface area contributed by atoms with Gasteiger partial charge in [0.25, 0.3) is 0 Å². The smallest absolute Gasteiger partial charge is 0.243 e. The predicted molar refractivity (Wildman–Crippen MR) is 128 cm³/mol. The lowest BCUT2D eigenvalue weighted by Crippen LogP contribution is -2.48. The summed E-state index contributed by atoms with van der Waals surface area (Å²) in [5.74, 6) is -0.508. The molecule has 7 nitrogen and oxygen atoms in total. The molecule has 1 aliphatic rings. The zero-order valence-electron chi connectivity index (χ0n) is 19.2. The van der Waals surface area contributed by atoms with Gasteiger partial charge >= 0.3 is 0 Å². The number of nitrogens with zero attached hydrogens (tertiary/aromatic N) is 4. The Morgan fingerprint density at radius 2 is 1.97 bits per heavy atom. The van der Waals surface area contributed by atoms with Gasteiger partial charge in [-0.1, -0.05) is 38.1 Å². The van der Waals surface area contributed by atoms with Crippen molar-refractivity contribution in [2.75, 3.05) is 6.54 Å². The Hall–Kier alpha value is -3.13. The molecule has 1 fully saturated rings. The number of rotatable bonds is 7. The molecule has 0 spiro atoms. The minimum absolute atomic E-state index is 0.0487. The topological polar surface area (TPSA) is 88.1 Å². The van der Waals surface area contributed by atoms with Gasteiger partial charge in [-0.25, -0.2) is 4.98 Å². The van der Waals surface area contributed by atoms with E-state index >= 15 is 0 Å². The highest BCUT2D eigenvalue weighted by Gasteiger charge is 2.39. The number of nitrogens with one attached hydrogen (secondary N) is 1. The van der Waals surface area contributed by atoms with Crippen molar-refractivity contribution in [2.24, 2.45) is 5.92 Å². The van der Waals surface area contributed by atoms with Crippen molar-refractivity contribution in [3.05, 3.63) is 65.3 Å². The molecule has 8 heteroatoms. The van der Waals surface area contributed by atoms with E-state index in [2.05, 4.69) is 32.4 Å². The monoisotopic (exact) mass is 463 g/mol. The van der Waals surface area contributed by atoms with Crippen molar-refractivity contribution in [3.63, 3.8) is 0 Å². The van der Waals surface area contributed by atoms with Gasteiger partial charge in [0.15, 0.2) is 0 Å². The number of aromatic nitrogens is 3. The molecule has 0 bridgehead atoms. The van der Waals surface area contributed by atoms with Gasteiger partial charge in [-0.05, 0) is 36.8 Å². The molecular formula is C25H29N5O2S. The summed E-state index contributed by atoms with van der Waals surface area (Å²) in [6, 6.07) is 7.71. The van der Waals surface area contributed by atoms with Crippen molar-refractivity contribution < 1.29 is 9.59 Å². The van der Waals surface area contributed by atoms with Crippen LogP contribution in [0, 0.1) is 12.8 Å². The van der Waals surface area contributed by atoms with E-state index in [0.29, 0.717) is 25.2 Å². The summed E-state index contributed by atoms with van der Waals surface area (Å²) in [4.78, 5) is 42.1. The summed E-state index contributed by atoms with van der Waals surface area (Å²) < 4.78 is 0. The lowest BCUT2D eigenvalue weighted by atomic mass is 9.91. The third-order valence-electron chi connectivity index (χ3n) is 6.10. The molecule has 172 valence electrons. The maximum absolute atomic E-state index is 13.4. The lowest BCUT2D eigenvalue weighted by molar-refractivity contribution is -0.140. The summed E-state index contributed by atoms with van der Waals surface area (Å²) in [5, 5.41) is 3.03. The third kappa shape index (κ3) is 5.11. The summed E-state index contributed by atoms with van der Waals surface area (Å²) in [6.45, 7) is 7.02. The van der Waals surface area contributed by atoms with E-state index in [9.17, 15) is 9.59 Å². The van der Waals surface area contributed by atoms with E-state index in [1.165, 1.54) is 0 Å². The summed E-state index contributed by atoms with van der Waals surface area (Å²) >= 11 is 1.62. The molecule has 4 rings (SSSR count). The van der Waals surface area contributed by atoms with Gasteiger partial charge in [0.1, 0.15) is 6.04 Å². The highest BCUT2D eigenvalue weighted by molar-refractivity contribution is 7.13. The van der Waals surface area contributed by atoms with E-state index in [1.54, 1.807) is 34.8 Å². The van der Waals surface area contributed by atoms with E-state index in [4.69, 9.17) is 0 Å². The van der Waals surface area contributed by atoms with Crippen molar-refractivity contribution >= 4 is 23.2 Å². The summed E-state index contributed by atoms with van der Waals surface area (Å²) in [6.07, 6.45) is 6.34. The minimum Gasteiger partial charge on any atom is -0.350 e. The quantitative estimate of drug-likeness (QED) is 0.573. The van der Waals surface area contributed by atoms with Gasteiger partial charge in [0, 0.05) is 31.7 Å². The van der Waals surface area contributed by atoms with Crippen molar-refractivity contribution in [1.29, 1.82) is 0 Å². The van der Waals surface area contributed by atoms with Gasteiger partial charge in [0.05, 0.1) is 27.7 Å². The number of carbonyl (C=O) groups excluding carboxylic acids is 2. The Bertz CT molecular complexity index is 1100. The number of likely N-dealkylation sites (tertiary alicyclic amines) is 1. The van der Waals surface area contributed by atoms with Crippen LogP contribution in [0.1, 0.15) is 49.6 Å². The second kappa shape index (κ2) is 10.2. The Morgan fingerprint density at radius 1 is 1.18 bits per heavy atom. The number of thiazole rings is 1. The Morgan fingerprint density at radius 3 is 2.61 bits per heavy atom. The number of hydrogen-bond donors (Lipinski definition) is 1. The van der Waals surface area contributed by atoms with Crippen LogP contribution in [0.25, 0.3) is 10.4 Å². The zero-order chi connectivity index (χ0) is 23.4. The molecule has 1 aliphatic heterocycles. The Balaban J connectivity index is 1.40. The summed E-state index contributed by atoms with van der Waals surface area (Å²) in [5.41, 5.74) is 5.67. The maximum atomic E-state index is 13.4. The largest absolute Gasteiger partial charge is 0.350 e. The van der Waals surface area contributed by atoms with Crippen molar-refractivity contribution in [3.8, 4) is 10.4 Å². The van der Waals surface area contributed by atoms with Crippen LogP contribution >= 0.6 is 11.3 Å². The SMILES string of the molecule is Cc1ncsc1-c1ccc(CNC(=O)[C@@H]2CCCN2C(=O)C(c2cnccn2)C(C)C)cc1. The number of amides is 2. The van der Waals surface area contributed by atoms with Gasteiger partial charge in [0.2, 0.25) is 11.8 Å². The average Bonchev–Trinajstić information content (AvgIpc) is 3.48. The number of carbonyl (C=O) groups is 2. The lowest BCUT2D eigenvalue weighted by Gasteiger charge is -2.29. The maximum Gasteiger partial charge on any atom is 0.243 e. The fraction of sp³-hybridized carbons (Fsp3) is 0.400. The number of hydrogen-bond acceptors (Lipinski definition) is 6. The number of aryl methyl sites for hydroxylation is 1. The van der Waals surface area contributed by atoms with Crippen LogP contribution in [-0.2, 0) is 16.1 Å². The van der Waals surface area contributed by atoms with Gasteiger partial charge in [-0.2, -0.15) is 0 Å². The first kappa shape index (κ1) is 23.0. The van der Waals surface area contributed by atoms with Crippen molar-refractivity contribution in [2.45, 2.75) is 52.1 Å². The molecule has 33 heavy (non-hydrogen) atoms. The molecule has 2 atom stereocenters. The first-order chi connectivity index (χ1) is 16.0. The van der Waals surface area contributed by atoms with Crippen LogP contribution in [0.4, 0.5) is 0 Å². The van der Waals surface area contributed by atoms with Gasteiger partial charge < -0.3 is 10.2 Å². The van der Waals surface area contributed by atoms with Gasteiger partial charge in [-0.3, -0.25) is 19.6 Å². The zero-order valence-corrected chi connectivity index (χ0v) is 20.0. The standard InChI is InChI=1S/C25H29N5O2S/c1-16(2)22(20-14-26-10-11-27-20)25(32)30-12-4-5-21(30)24(31)28-13-18-6-8-19(9-7-18)23-17(3)29-15-33-23/h6-11,14-16,21-22H,4-5,12-13H2,1-3H3,(H,28,31)/t21-,22?/m0/s1. The van der Waals surface area contributed by atoms with Gasteiger partial charge in [-0.15, -0.1) is 11.3 Å². The first-order valence-electron chi connectivity index (χ1n) is 11.3. The van der Waals surface area contributed by atoms with Crippen LogP contribution in [0.5, 0.6) is 0 Å². The van der Waals surface area contributed by atoms with E-state index in [0.717, 1.165) is 28.1 Å². The highest BCUT2D eigenvalue weighted by Crippen LogP contribution is 2.29. The van der Waals surface area contributed by atoms with Crippen LogP contribution in [0.2, 0.25) is 0 Å². The van der Waals surface area contributed by atoms with Crippen LogP contribution in [0.15, 0.2) is 48.4 Å². The third-order valence-corrected chi connectivity index (χ3v) is 7.08. The highest BCUT2D eigenvalue weighted by atomic mass is 32.1. The van der Waals surface area contributed by atoms with Crippen LogP contribution in [-0.4, -0.2) is 44.3 Å². The summed E-state index contributed by atoms with van der Waals surface area (Å²) in [7, 11) is 0. The molecule has 0 aliphatic carbocycles.